The van der Waals surface area contributed by atoms with E-state index in [1.54, 1.807) is 31.2 Å². The van der Waals surface area contributed by atoms with Crippen LogP contribution in [-0.2, 0) is 0 Å². The number of benzene rings is 2. The van der Waals surface area contributed by atoms with Gasteiger partial charge in [0.25, 0.3) is 0 Å². The molecule has 0 atom stereocenters. The summed E-state index contributed by atoms with van der Waals surface area (Å²) in [5.74, 6) is -0.982. The molecular weight excluding hydrogens is 278 g/mol. The molecule has 0 unspecified atom stereocenters. The van der Waals surface area contributed by atoms with Crippen molar-refractivity contribution in [1.82, 2.24) is 0 Å². The minimum atomic E-state index is -0.400. The van der Waals surface area contributed by atoms with E-state index >= 15 is 0 Å². The van der Waals surface area contributed by atoms with Crippen molar-refractivity contribution in [2.75, 3.05) is 0 Å². The summed E-state index contributed by atoms with van der Waals surface area (Å²) >= 11 is 1.28. The molecule has 1 heterocycles. The van der Waals surface area contributed by atoms with Crippen molar-refractivity contribution in [1.29, 1.82) is 0 Å². The first-order chi connectivity index (χ1) is 9.54. The van der Waals surface area contributed by atoms with Gasteiger partial charge in [0, 0.05) is 10.3 Å². The van der Waals surface area contributed by atoms with Gasteiger partial charge in [-0.2, -0.15) is 0 Å². The molecule has 3 rings (SSSR count). The minimum absolute atomic E-state index is 0.245. The lowest BCUT2D eigenvalue weighted by molar-refractivity contribution is 0.104. The molecule has 3 aromatic rings. The molecule has 2 aromatic carbocycles. The van der Waals surface area contributed by atoms with Gasteiger partial charge >= 0.3 is 0 Å². The molecule has 0 saturated carbocycles. The van der Waals surface area contributed by atoms with E-state index < -0.39 is 5.82 Å². The first-order valence-electron chi connectivity index (χ1n) is 6.04. The Kier molecular flexibility index (Phi) is 3.10. The minimum Gasteiger partial charge on any atom is -0.288 e. The number of hydrogen-bond acceptors (Lipinski definition) is 2. The quantitative estimate of drug-likeness (QED) is 0.624. The maximum absolute atomic E-state index is 13.5. The highest BCUT2D eigenvalue weighted by molar-refractivity contribution is 7.21. The van der Waals surface area contributed by atoms with Gasteiger partial charge in [0.2, 0.25) is 5.78 Å². The fourth-order valence-electron chi connectivity index (χ4n) is 2.00. The van der Waals surface area contributed by atoms with Crippen LogP contribution in [0.2, 0.25) is 0 Å². The number of fused-ring (bicyclic) bond motifs is 1. The van der Waals surface area contributed by atoms with Crippen LogP contribution in [0.15, 0.2) is 42.5 Å². The van der Waals surface area contributed by atoms with Gasteiger partial charge in [0.15, 0.2) is 0 Å². The Morgan fingerprint density at radius 3 is 2.60 bits per heavy atom. The van der Waals surface area contributed by atoms with Gasteiger partial charge in [0.1, 0.15) is 11.6 Å². The Morgan fingerprint density at radius 2 is 1.85 bits per heavy atom. The predicted octanol–water partition coefficient (Wildman–Crippen LogP) is 4.72. The highest BCUT2D eigenvalue weighted by Crippen LogP contribution is 2.28. The van der Waals surface area contributed by atoms with E-state index in [2.05, 4.69) is 0 Å². The predicted molar refractivity (Wildman–Crippen MR) is 76.4 cm³/mol. The number of thiophene rings is 1. The van der Waals surface area contributed by atoms with E-state index in [9.17, 15) is 13.6 Å². The second kappa shape index (κ2) is 4.80. The molecule has 0 spiro atoms. The lowest BCUT2D eigenvalue weighted by atomic mass is 10.1. The molecule has 0 aliphatic heterocycles. The van der Waals surface area contributed by atoms with Crippen molar-refractivity contribution < 1.29 is 13.6 Å². The molecule has 1 aromatic heterocycles. The highest BCUT2D eigenvalue weighted by Gasteiger charge is 2.14. The van der Waals surface area contributed by atoms with Crippen LogP contribution in [0.4, 0.5) is 8.78 Å². The number of halogens is 2. The molecule has 20 heavy (non-hydrogen) atoms. The average molecular weight is 288 g/mol. The summed E-state index contributed by atoms with van der Waals surface area (Å²) < 4.78 is 27.5. The molecular formula is C16H10F2OS. The van der Waals surface area contributed by atoms with Crippen LogP contribution in [-0.4, -0.2) is 5.78 Å². The number of carbonyl (C=O) groups is 1. The van der Waals surface area contributed by atoms with Gasteiger partial charge in [-0.3, -0.25) is 4.79 Å². The van der Waals surface area contributed by atoms with Crippen LogP contribution >= 0.6 is 11.3 Å². The van der Waals surface area contributed by atoms with E-state index in [1.165, 1.54) is 29.5 Å². The van der Waals surface area contributed by atoms with Crippen LogP contribution in [0, 0.1) is 18.6 Å². The van der Waals surface area contributed by atoms with Gasteiger partial charge in [-0.15, -0.1) is 11.3 Å². The van der Waals surface area contributed by atoms with Crippen LogP contribution in [0.5, 0.6) is 0 Å². The van der Waals surface area contributed by atoms with Crippen molar-refractivity contribution in [3.63, 3.8) is 0 Å². The fourth-order valence-corrected chi connectivity index (χ4v) is 3.01. The normalized spacial score (nSPS) is 10.9. The lowest BCUT2D eigenvalue weighted by Crippen LogP contribution is -1.99. The van der Waals surface area contributed by atoms with Crippen molar-refractivity contribution in [2.24, 2.45) is 0 Å². The Bertz CT molecular complexity index is 820. The average Bonchev–Trinajstić information content (AvgIpc) is 2.84. The van der Waals surface area contributed by atoms with Gasteiger partial charge in [-0.05, 0) is 48.2 Å². The third kappa shape index (κ3) is 2.23. The molecule has 0 N–H and O–H groups in total. The SMILES string of the molecule is Cc1ccc(C(=O)c2cc3cc(F)ccc3s2)cc1F. The topological polar surface area (TPSA) is 17.1 Å². The van der Waals surface area contributed by atoms with Crippen LogP contribution < -0.4 is 0 Å². The zero-order chi connectivity index (χ0) is 14.3. The molecule has 100 valence electrons. The van der Waals surface area contributed by atoms with Crippen LogP contribution in [0.1, 0.15) is 20.8 Å². The second-order valence-corrected chi connectivity index (χ2v) is 5.67. The van der Waals surface area contributed by atoms with E-state index in [0.29, 0.717) is 21.4 Å². The van der Waals surface area contributed by atoms with Gasteiger partial charge in [-0.1, -0.05) is 12.1 Å². The lowest BCUT2D eigenvalue weighted by Gasteiger charge is -2.00. The second-order valence-electron chi connectivity index (χ2n) is 4.59. The summed E-state index contributed by atoms with van der Waals surface area (Å²) in [5, 5.41) is 0.686. The Balaban J connectivity index is 2.05. The number of hydrogen-bond donors (Lipinski definition) is 0. The summed E-state index contributed by atoms with van der Waals surface area (Å²) in [6, 6.07) is 10.5. The monoisotopic (exact) mass is 288 g/mol. The van der Waals surface area contributed by atoms with Crippen molar-refractivity contribution in [3.8, 4) is 0 Å². The number of ketones is 1. The Morgan fingerprint density at radius 1 is 1.05 bits per heavy atom. The molecule has 0 aliphatic rings. The molecule has 4 heteroatoms. The molecule has 1 nitrogen and oxygen atoms in total. The molecule has 0 radical (unpaired) electrons. The zero-order valence-electron chi connectivity index (χ0n) is 10.6. The van der Waals surface area contributed by atoms with E-state index in [1.807, 2.05) is 0 Å². The van der Waals surface area contributed by atoms with Gasteiger partial charge in [0.05, 0.1) is 4.88 Å². The summed E-state index contributed by atoms with van der Waals surface area (Å²) in [4.78, 5) is 12.8. The maximum atomic E-state index is 13.5. The van der Waals surface area contributed by atoms with Gasteiger partial charge in [-0.25, -0.2) is 8.78 Å². The number of carbonyl (C=O) groups excluding carboxylic acids is 1. The number of rotatable bonds is 2. The van der Waals surface area contributed by atoms with Crippen molar-refractivity contribution in [3.05, 3.63) is 70.1 Å². The van der Waals surface area contributed by atoms with E-state index in [-0.39, 0.29) is 11.6 Å². The summed E-state index contributed by atoms with van der Waals surface area (Å²) in [7, 11) is 0. The zero-order valence-corrected chi connectivity index (χ0v) is 11.4. The first-order valence-corrected chi connectivity index (χ1v) is 6.86. The Hall–Kier alpha value is -2.07. The summed E-state index contributed by atoms with van der Waals surface area (Å²) in [6.45, 7) is 1.64. The largest absolute Gasteiger partial charge is 0.288 e. The first kappa shape index (κ1) is 12.9. The fraction of sp³-hybridized carbons (Fsp3) is 0.0625. The molecule has 0 bridgehead atoms. The third-order valence-electron chi connectivity index (χ3n) is 3.14. The third-order valence-corrected chi connectivity index (χ3v) is 4.25. The number of aryl methyl sites for hydroxylation is 1. The van der Waals surface area contributed by atoms with Crippen LogP contribution in [0.25, 0.3) is 10.1 Å². The van der Waals surface area contributed by atoms with Gasteiger partial charge < -0.3 is 0 Å². The standard InChI is InChI=1S/C16H10F2OS/c1-9-2-3-10(7-13(9)18)16(19)15-8-11-6-12(17)4-5-14(11)20-15/h2-8H,1H3. The maximum Gasteiger partial charge on any atom is 0.203 e. The molecule has 0 saturated heterocycles. The van der Waals surface area contributed by atoms with Crippen molar-refractivity contribution >= 4 is 27.2 Å². The molecule has 0 amide bonds. The highest BCUT2D eigenvalue weighted by atomic mass is 32.1. The van der Waals surface area contributed by atoms with E-state index in [0.717, 1.165) is 4.70 Å². The smallest absolute Gasteiger partial charge is 0.203 e. The molecule has 0 fully saturated rings. The Labute approximate surface area is 118 Å². The summed E-state index contributed by atoms with van der Waals surface area (Å²) in [5.41, 5.74) is 0.806. The summed E-state index contributed by atoms with van der Waals surface area (Å²) in [6.07, 6.45) is 0. The van der Waals surface area contributed by atoms with Crippen LogP contribution in [0.3, 0.4) is 0 Å². The molecule has 0 aliphatic carbocycles. The van der Waals surface area contributed by atoms with Crippen molar-refractivity contribution in [2.45, 2.75) is 6.92 Å². The van der Waals surface area contributed by atoms with E-state index in [4.69, 9.17) is 0 Å².